The van der Waals surface area contributed by atoms with Gasteiger partial charge in [0.25, 0.3) is 0 Å². The number of benzene rings is 2. The zero-order valence-electron chi connectivity index (χ0n) is 11.8. The molecule has 0 radical (unpaired) electrons. The van der Waals surface area contributed by atoms with E-state index >= 15 is 0 Å². The van der Waals surface area contributed by atoms with Crippen LogP contribution in [0.1, 0.15) is 11.1 Å². The molecule has 3 N–H and O–H groups in total. The molecule has 2 aromatic carbocycles. The number of anilines is 2. The molecule has 0 aliphatic rings. The number of rotatable bonds is 3. The van der Waals surface area contributed by atoms with Crippen molar-refractivity contribution in [1.82, 2.24) is 0 Å². The third-order valence-corrected chi connectivity index (χ3v) is 3.13. The molecule has 0 atom stereocenters. The van der Waals surface area contributed by atoms with Crippen LogP contribution in [-0.4, -0.2) is 13.1 Å². The number of nitrogens with zero attached hydrogens (tertiary/aromatic N) is 1. The summed E-state index contributed by atoms with van der Waals surface area (Å²) >= 11 is 0. The number of amides is 2. The Kier molecular flexibility index (Phi) is 4.38. The molecule has 2 rings (SSSR count). The molecular weight excluding hydrogens is 250 g/mol. The third-order valence-electron chi connectivity index (χ3n) is 3.13. The van der Waals surface area contributed by atoms with Crippen molar-refractivity contribution in [2.45, 2.75) is 13.5 Å². The Balaban J connectivity index is 2.07. The lowest BCUT2D eigenvalue weighted by Gasteiger charge is -2.18. The Morgan fingerprint density at radius 2 is 1.90 bits per heavy atom. The van der Waals surface area contributed by atoms with Gasteiger partial charge in [0, 0.05) is 25.0 Å². The van der Waals surface area contributed by atoms with Crippen LogP contribution in [0.2, 0.25) is 0 Å². The molecule has 0 aromatic heterocycles. The lowest BCUT2D eigenvalue weighted by molar-refractivity contribution is 0.258. The van der Waals surface area contributed by atoms with Crippen LogP contribution in [-0.2, 0) is 6.54 Å². The molecule has 2 amide bonds. The lowest BCUT2D eigenvalue weighted by atomic mass is 10.2. The number of hydrogen-bond acceptors (Lipinski definition) is 2. The lowest BCUT2D eigenvalue weighted by Crippen LogP contribution is -2.31. The first-order valence-electron chi connectivity index (χ1n) is 6.50. The van der Waals surface area contributed by atoms with Crippen molar-refractivity contribution < 1.29 is 4.79 Å². The minimum absolute atomic E-state index is 0.170. The fourth-order valence-electron chi connectivity index (χ4n) is 1.90. The Labute approximate surface area is 119 Å². The van der Waals surface area contributed by atoms with E-state index in [1.165, 1.54) is 0 Å². The van der Waals surface area contributed by atoms with Gasteiger partial charge in [-0.15, -0.1) is 0 Å². The average molecular weight is 269 g/mol. The maximum Gasteiger partial charge on any atom is 0.326 e. The number of hydrogen-bond donors (Lipinski definition) is 2. The maximum atomic E-state index is 12.2. The first-order valence-corrected chi connectivity index (χ1v) is 6.50. The van der Waals surface area contributed by atoms with E-state index in [1.54, 1.807) is 11.9 Å². The van der Waals surface area contributed by atoms with E-state index in [-0.39, 0.29) is 6.03 Å². The Hall–Kier alpha value is -2.33. The molecule has 0 saturated heterocycles. The molecule has 0 saturated carbocycles. The topological polar surface area (TPSA) is 58.4 Å². The second-order valence-electron chi connectivity index (χ2n) is 4.73. The van der Waals surface area contributed by atoms with Crippen molar-refractivity contribution in [3.8, 4) is 0 Å². The first-order chi connectivity index (χ1) is 9.60. The summed E-state index contributed by atoms with van der Waals surface area (Å²) in [5.41, 5.74) is 9.33. The van der Waals surface area contributed by atoms with Crippen LogP contribution >= 0.6 is 0 Å². The van der Waals surface area contributed by atoms with E-state index in [1.807, 2.05) is 55.5 Å². The molecule has 0 bridgehead atoms. The van der Waals surface area contributed by atoms with E-state index < -0.39 is 0 Å². The molecular formula is C16H19N3O. The predicted molar refractivity (Wildman–Crippen MR) is 82.9 cm³/mol. The van der Waals surface area contributed by atoms with Crippen molar-refractivity contribution >= 4 is 17.4 Å². The van der Waals surface area contributed by atoms with Gasteiger partial charge in [0.05, 0.1) is 0 Å². The van der Waals surface area contributed by atoms with Gasteiger partial charge in [0.1, 0.15) is 0 Å². The smallest absolute Gasteiger partial charge is 0.326 e. The molecule has 4 heteroatoms. The zero-order chi connectivity index (χ0) is 14.5. The van der Waals surface area contributed by atoms with Crippen LogP contribution < -0.4 is 16.0 Å². The van der Waals surface area contributed by atoms with Crippen LogP contribution in [0.15, 0.2) is 48.5 Å². The summed E-state index contributed by atoms with van der Waals surface area (Å²) in [6, 6.07) is 15.2. The second-order valence-corrected chi connectivity index (χ2v) is 4.73. The Bertz CT molecular complexity index is 593. The van der Waals surface area contributed by atoms with Gasteiger partial charge in [-0.05, 0) is 42.3 Å². The Morgan fingerprint density at radius 3 is 2.50 bits per heavy atom. The predicted octanol–water partition coefficient (Wildman–Crippen LogP) is 3.12. The standard InChI is InChI=1S/C16H19N3O/c1-12-4-3-5-14(10-12)18-16(20)19(2)15-8-6-13(11-17)7-9-15/h3-10H,11,17H2,1-2H3,(H,18,20). The fraction of sp³-hybridized carbons (Fsp3) is 0.188. The second kappa shape index (κ2) is 6.21. The molecule has 0 aliphatic carbocycles. The van der Waals surface area contributed by atoms with Gasteiger partial charge in [-0.2, -0.15) is 0 Å². The van der Waals surface area contributed by atoms with Gasteiger partial charge in [0.15, 0.2) is 0 Å². The van der Waals surface area contributed by atoms with Crippen molar-refractivity contribution in [3.63, 3.8) is 0 Å². The SMILES string of the molecule is Cc1cccc(NC(=O)N(C)c2ccc(CN)cc2)c1. The summed E-state index contributed by atoms with van der Waals surface area (Å²) in [5, 5.41) is 2.87. The van der Waals surface area contributed by atoms with E-state index in [4.69, 9.17) is 5.73 Å². The highest BCUT2D eigenvalue weighted by Crippen LogP contribution is 2.16. The van der Waals surface area contributed by atoms with Gasteiger partial charge in [0.2, 0.25) is 0 Å². The van der Waals surface area contributed by atoms with E-state index in [9.17, 15) is 4.79 Å². The van der Waals surface area contributed by atoms with Gasteiger partial charge in [-0.25, -0.2) is 4.79 Å². The van der Waals surface area contributed by atoms with E-state index in [2.05, 4.69) is 5.32 Å². The number of carbonyl (C=O) groups is 1. The van der Waals surface area contributed by atoms with Crippen LogP contribution in [0, 0.1) is 6.92 Å². The highest BCUT2D eigenvalue weighted by atomic mass is 16.2. The van der Waals surface area contributed by atoms with Crippen LogP contribution in [0.3, 0.4) is 0 Å². The largest absolute Gasteiger partial charge is 0.326 e. The fourth-order valence-corrected chi connectivity index (χ4v) is 1.90. The molecule has 0 unspecified atom stereocenters. The summed E-state index contributed by atoms with van der Waals surface area (Å²) in [6.45, 7) is 2.49. The summed E-state index contributed by atoms with van der Waals surface area (Å²) in [5.74, 6) is 0. The molecule has 0 fully saturated rings. The van der Waals surface area contributed by atoms with Gasteiger partial charge in [-0.3, -0.25) is 4.90 Å². The minimum Gasteiger partial charge on any atom is -0.326 e. The summed E-state index contributed by atoms with van der Waals surface area (Å²) < 4.78 is 0. The summed E-state index contributed by atoms with van der Waals surface area (Å²) in [6.07, 6.45) is 0. The molecule has 0 spiro atoms. The number of carbonyl (C=O) groups excluding carboxylic acids is 1. The van der Waals surface area contributed by atoms with Crippen molar-refractivity contribution in [3.05, 3.63) is 59.7 Å². The van der Waals surface area contributed by atoms with Crippen LogP contribution in [0.5, 0.6) is 0 Å². The normalized spacial score (nSPS) is 10.2. The monoisotopic (exact) mass is 269 g/mol. The molecule has 20 heavy (non-hydrogen) atoms. The molecule has 0 aliphatic heterocycles. The number of urea groups is 1. The van der Waals surface area contributed by atoms with Gasteiger partial charge < -0.3 is 11.1 Å². The van der Waals surface area contributed by atoms with Crippen molar-refractivity contribution in [2.75, 3.05) is 17.3 Å². The molecule has 104 valence electrons. The highest BCUT2D eigenvalue weighted by Gasteiger charge is 2.10. The van der Waals surface area contributed by atoms with Crippen LogP contribution in [0.4, 0.5) is 16.2 Å². The highest BCUT2D eigenvalue weighted by molar-refractivity contribution is 6.01. The number of aryl methyl sites for hydroxylation is 1. The quantitative estimate of drug-likeness (QED) is 0.899. The van der Waals surface area contributed by atoms with Gasteiger partial charge in [-0.1, -0.05) is 24.3 Å². The molecule has 0 heterocycles. The van der Waals surface area contributed by atoms with E-state index in [0.717, 1.165) is 22.5 Å². The maximum absolute atomic E-state index is 12.2. The molecule has 4 nitrogen and oxygen atoms in total. The van der Waals surface area contributed by atoms with Crippen LogP contribution in [0.25, 0.3) is 0 Å². The zero-order valence-corrected chi connectivity index (χ0v) is 11.8. The van der Waals surface area contributed by atoms with E-state index in [0.29, 0.717) is 6.54 Å². The summed E-state index contributed by atoms with van der Waals surface area (Å²) in [4.78, 5) is 13.7. The van der Waals surface area contributed by atoms with Gasteiger partial charge >= 0.3 is 6.03 Å². The number of nitrogens with one attached hydrogen (secondary N) is 1. The first kappa shape index (κ1) is 14.1. The molecule has 2 aromatic rings. The summed E-state index contributed by atoms with van der Waals surface area (Å²) in [7, 11) is 1.74. The average Bonchev–Trinajstić information content (AvgIpc) is 2.46. The van der Waals surface area contributed by atoms with Crippen molar-refractivity contribution in [2.24, 2.45) is 5.73 Å². The Morgan fingerprint density at radius 1 is 1.20 bits per heavy atom. The minimum atomic E-state index is -0.170. The third kappa shape index (κ3) is 3.36. The number of nitrogens with two attached hydrogens (primary N) is 1. The van der Waals surface area contributed by atoms with Crippen molar-refractivity contribution in [1.29, 1.82) is 0 Å².